The van der Waals surface area contributed by atoms with E-state index in [-0.39, 0.29) is 66.8 Å². The first-order valence-corrected chi connectivity index (χ1v) is 23.9. The largest absolute Gasteiger partial charge is 1.00 e. The predicted octanol–water partition coefficient (Wildman–Crippen LogP) is 6.95. The fourth-order valence-corrected chi connectivity index (χ4v) is 9.62. The van der Waals surface area contributed by atoms with E-state index >= 15 is 0 Å². The smallest absolute Gasteiger partial charge is 0.870 e. The molecule has 0 saturated heterocycles. The normalized spacial score (nSPS) is 13.3. The quantitative estimate of drug-likeness (QED) is 0.0936. The van der Waals surface area contributed by atoms with Gasteiger partial charge in [0.05, 0.1) is 33.7 Å². The first kappa shape index (κ1) is 56.1. The Bertz CT molecular complexity index is 2940. The number of pyridine rings is 2. The summed E-state index contributed by atoms with van der Waals surface area (Å²) in [4.78, 5) is 63.5. The Morgan fingerprint density at radius 2 is 1.01 bits per heavy atom. The van der Waals surface area contributed by atoms with Crippen molar-refractivity contribution in [3.63, 3.8) is 0 Å². The molecule has 2 atom stereocenters. The standard InChI is InChI=1S/C30H34N2O4.C28H30N2O4.Li.H2O/c1-6-36-29(33)16-26(27-17-31-28(35-5)14-21(27)4)23-10-9-22-11-12-32(18-24(22)15-23)30(34)25-13-19(2)7-8-20(25)3;1-17-5-6-18(2)23(11-17)28(33)30-10-9-20-7-8-21(13-22(20)16-30)24(14-27(31)32)25-15-29-26(34-4)12-19(25)3;;/h7-10,13-15,17,26H,6,11-12,16,18H2,1-5H3;5-8,11-13,15,24H,9-10,14,16H2,1-4H3,(H,31,32);;1H2/q;;+1;/p-1/t26-;24-;;/m11../s1. The van der Waals surface area contributed by atoms with E-state index < -0.39 is 5.97 Å². The van der Waals surface area contributed by atoms with E-state index in [1.807, 2.05) is 113 Å². The summed E-state index contributed by atoms with van der Waals surface area (Å²) in [5, 5.41) is 9.63. The summed E-state index contributed by atoms with van der Waals surface area (Å²) in [6, 6.07) is 28.2. The van der Waals surface area contributed by atoms with Crippen LogP contribution in [0.1, 0.15) is 130 Å². The fraction of sp³-hybridized carbons (Fsp3) is 0.345. The number of benzene rings is 4. The number of hydrogen-bond donors (Lipinski definition) is 1. The molecule has 0 aliphatic carbocycles. The van der Waals surface area contributed by atoms with Crippen LogP contribution in [0.2, 0.25) is 0 Å². The van der Waals surface area contributed by atoms with Crippen LogP contribution in [0.15, 0.2) is 97.3 Å². The maximum absolute atomic E-state index is 13.4. The fourth-order valence-electron chi connectivity index (χ4n) is 9.62. The Morgan fingerprint density at radius 3 is 1.40 bits per heavy atom. The third kappa shape index (κ3) is 13.2. The molecule has 0 radical (unpaired) electrons. The SMILES string of the molecule is CCOC(=O)C[C@H](c1ccc2c(c1)CN(C(=O)c1cc(C)ccc1C)CC2)c1cnc(OC)cc1C.COc1cc(C)c([C@H](CC(=O)O)c2ccc3c(c2)CN(C(=O)c2cc(C)ccc2C)CC3)cn1.[Li+].[OH-]. The topological polar surface area (TPSA) is 178 Å². The molecule has 14 heteroatoms. The van der Waals surface area contributed by atoms with Crippen molar-refractivity contribution in [1.82, 2.24) is 19.8 Å². The number of aromatic nitrogens is 2. The number of rotatable bonds is 13. The molecule has 13 nitrogen and oxygen atoms in total. The number of carbonyl (C=O) groups is 4. The first-order valence-electron chi connectivity index (χ1n) is 23.9. The minimum Gasteiger partial charge on any atom is -0.870 e. The third-order valence-electron chi connectivity index (χ3n) is 13.6. The van der Waals surface area contributed by atoms with Crippen molar-refractivity contribution in [3.05, 3.63) is 186 Å². The van der Waals surface area contributed by atoms with Crippen LogP contribution in [0, 0.1) is 41.5 Å². The van der Waals surface area contributed by atoms with Gasteiger partial charge in [-0.2, -0.15) is 0 Å². The van der Waals surface area contributed by atoms with Crippen LogP contribution in [-0.4, -0.2) is 88.0 Å². The van der Waals surface area contributed by atoms with Crippen molar-refractivity contribution in [2.75, 3.05) is 33.9 Å². The molecule has 372 valence electrons. The number of fused-ring (bicyclic) bond motifs is 2. The number of carboxylic acid groups (broad SMARTS) is 1. The Kier molecular flexibility index (Phi) is 19.5. The second-order valence-corrected chi connectivity index (χ2v) is 18.5. The van der Waals surface area contributed by atoms with Gasteiger partial charge < -0.3 is 34.6 Å². The van der Waals surface area contributed by atoms with E-state index in [1.165, 1.54) is 11.1 Å². The van der Waals surface area contributed by atoms with Gasteiger partial charge in [-0.25, -0.2) is 9.97 Å². The number of aryl methyl sites for hydroxylation is 6. The van der Waals surface area contributed by atoms with Gasteiger partial charge in [0.25, 0.3) is 11.8 Å². The van der Waals surface area contributed by atoms with Gasteiger partial charge in [-0.3, -0.25) is 19.2 Å². The summed E-state index contributed by atoms with van der Waals surface area (Å²) in [6.45, 7) is 16.4. The minimum atomic E-state index is -0.871. The maximum Gasteiger partial charge on any atom is 1.00 e. The van der Waals surface area contributed by atoms with E-state index in [0.29, 0.717) is 44.5 Å². The molecular formula is C58H65LiN4O9. The number of amides is 2. The number of hydrogen-bond acceptors (Lipinski definition) is 10. The molecular weight excluding hydrogens is 904 g/mol. The van der Waals surface area contributed by atoms with Crippen LogP contribution in [0.4, 0.5) is 0 Å². The average molecular weight is 969 g/mol. The van der Waals surface area contributed by atoms with E-state index in [4.69, 9.17) is 14.2 Å². The Labute approximate surface area is 435 Å². The Morgan fingerprint density at radius 1 is 0.583 bits per heavy atom. The summed E-state index contributed by atoms with van der Waals surface area (Å²) in [7, 11) is 3.15. The number of methoxy groups -OCH3 is 2. The molecule has 0 spiro atoms. The molecule has 6 aromatic rings. The molecule has 0 saturated carbocycles. The van der Waals surface area contributed by atoms with E-state index in [0.717, 1.165) is 90.7 Å². The summed E-state index contributed by atoms with van der Waals surface area (Å²) in [5.41, 5.74) is 15.9. The first-order chi connectivity index (χ1) is 33.6. The summed E-state index contributed by atoms with van der Waals surface area (Å²) in [5.74, 6) is -0.533. The zero-order valence-electron chi connectivity index (χ0n) is 43.3. The summed E-state index contributed by atoms with van der Waals surface area (Å²) >= 11 is 0. The zero-order chi connectivity index (χ0) is 50.2. The van der Waals surface area contributed by atoms with Gasteiger partial charge in [-0.1, -0.05) is 71.8 Å². The molecule has 0 bridgehead atoms. The Balaban J connectivity index is 0.000000261. The van der Waals surface area contributed by atoms with E-state index in [9.17, 15) is 24.3 Å². The molecule has 0 fully saturated rings. The molecule has 2 amide bonds. The van der Waals surface area contributed by atoms with Crippen LogP contribution < -0.4 is 28.3 Å². The van der Waals surface area contributed by atoms with Crippen molar-refractivity contribution in [3.8, 4) is 11.8 Å². The van der Waals surface area contributed by atoms with Crippen molar-refractivity contribution in [2.45, 2.75) is 99.1 Å². The number of esters is 1. The molecule has 4 heterocycles. The molecule has 4 aromatic carbocycles. The molecule has 2 N–H and O–H groups in total. The average Bonchev–Trinajstić information content (AvgIpc) is 3.35. The molecule has 0 unspecified atom stereocenters. The number of nitrogens with zero attached hydrogens (tertiary/aromatic N) is 4. The van der Waals surface area contributed by atoms with Gasteiger partial charge in [0.1, 0.15) is 0 Å². The maximum atomic E-state index is 13.4. The number of ether oxygens (including phenoxy) is 3. The molecule has 2 aliphatic heterocycles. The van der Waals surface area contributed by atoms with Crippen LogP contribution in [-0.2, 0) is 40.3 Å². The zero-order valence-corrected chi connectivity index (χ0v) is 43.3. The van der Waals surface area contributed by atoms with E-state index in [2.05, 4.69) is 40.3 Å². The van der Waals surface area contributed by atoms with Gasteiger partial charge in [0.2, 0.25) is 11.8 Å². The van der Waals surface area contributed by atoms with Gasteiger partial charge in [0.15, 0.2) is 0 Å². The van der Waals surface area contributed by atoms with Crippen molar-refractivity contribution >= 4 is 23.8 Å². The number of carboxylic acids is 1. The molecule has 2 aromatic heterocycles. The molecule has 2 aliphatic rings. The van der Waals surface area contributed by atoms with Crippen molar-refractivity contribution < 1.29 is 62.8 Å². The summed E-state index contributed by atoms with van der Waals surface area (Å²) in [6.07, 6.45) is 5.24. The minimum absolute atomic E-state index is 0. The predicted molar refractivity (Wildman–Crippen MR) is 272 cm³/mol. The monoisotopic (exact) mass is 968 g/mol. The van der Waals surface area contributed by atoms with Crippen molar-refractivity contribution in [2.24, 2.45) is 0 Å². The van der Waals surface area contributed by atoms with Gasteiger partial charge in [-0.15, -0.1) is 0 Å². The van der Waals surface area contributed by atoms with Gasteiger partial charge in [-0.05, 0) is 140 Å². The molecule has 8 rings (SSSR count). The Hall–Kier alpha value is -6.78. The number of carbonyl (C=O) groups excluding carboxylic acids is 3. The van der Waals surface area contributed by atoms with Crippen molar-refractivity contribution in [1.29, 1.82) is 0 Å². The van der Waals surface area contributed by atoms with Gasteiger partial charge >= 0.3 is 30.8 Å². The second kappa shape index (κ2) is 25.1. The molecule has 72 heavy (non-hydrogen) atoms. The third-order valence-corrected chi connectivity index (χ3v) is 13.6. The summed E-state index contributed by atoms with van der Waals surface area (Å²) < 4.78 is 15.8. The van der Waals surface area contributed by atoms with E-state index in [1.54, 1.807) is 26.6 Å². The van der Waals surface area contributed by atoms with Crippen LogP contribution in [0.5, 0.6) is 11.8 Å². The van der Waals surface area contributed by atoms with Crippen LogP contribution in [0.3, 0.4) is 0 Å². The van der Waals surface area contributed by atoms with Crippen LogP contribution in [0.25, 0.3) is 0 Å². The van der Waals surface area contributed by atoms with Crippen LogP contribution >= 0.6 is 0 Å². The second-order valence-electron chi connectivity index (χ2n) is 18.5. The van der Waals surface area contributed by atoms with Gasteiger partial charge in [0, 0.05) is 73.7 Å². The number of aliphatic carboxylic acids is 1.